The summed E-state index contributed by atoms with van der Waals surface area (Å²) < 4.78 is 14.4. The molecule has 3 aromatic rings. The fraction of sp³-hybridized carbons (Fsp3) is 0.400. The molecule has 0 unspecified atom stereocenters. The lowest BCUT2D eigenvalue weighted by molar-refractivity contribution is 0.568. The third kappa shape index (κ3) is 2.41. The molecule has 8 nitrogen and oxygen atoms in total. The Balaban J connectivity index is 1.54. The van der Waals surface area contributed by atoms with Crippen LogP contribution in [0.1, 0.15) is 12.6 Å². The minimum absolute atomic E-state index is 0.312. The lowest BCUT2D eigenvalue weighted by Crippen LogP contribution is -2.47. The molecule has 124 valence electrons. The van der Waals surface area contributed by atoms with E-state index in [0.29, 0.717) is 31.0 Å². The number of anilines is 2. The van der Waals surface area contributed by atoms with E-state index in [1.54, 1.807) is 6.20 Å². The Morgan fingerprint density at radius 2 is 1.67 bits per heavy atom. The predicted octanol–water partition coefficient (Wildman–Crippen LogP) is 1.17. The van der Waals surface area contributed by atoms with Crippen molar-refractivity contribution in [1.82, 2.24) is 30.1 Å². The van der Waals surface area contributed by atoms with Crippen molar-refractivity contribution >= 4 is 22.7 Å². The molecule has 9 heteroatoms. The van der Waals surface area contributed by atoms with Gasteiger partial charge in [-0.05, 0) is 6.42 Å². The summed E-state index contributed by atoms with van der Waals surface area (Å²) in [6.45, 7) is 4.67. The summed E-state index contributed by atoms with van der Waals surface area (Å²) in [4.78, 5) is 20.8. The Morgan fingerprint density at radius 3 is 2.42 bits per heavy atom. The number of piperazine rings is 1. The number of fused-ring (bicyclic) bond motifs is 1. The molecule has 1 fully saturated rings. The third-order valence-electron chi connectivity index (χ3n) is 4.28. The van der Waals surface area contributed by atoms with Crippen molar-refractivity contribution in [2.24, 2.45) is 0 Å². The van der Waals surface area contributed by atoms with Crippen molar-refractivity contribution in [2.75, 3.05) is 36.0 Å². The second-order valence-corrected chi connectivity index (χ2v) is 5.62. The van der Waals surface area contributed by atoms with Gasteiger partial charge in [-0.3, -0.25) is 5.10 Å². The van der Waals surface area contributed by atoms with E-state index in [1.807, 2.05) is 11.8 Å². The van der Waals surface area contributed by atoms with Gasteiger partial charge in [-0.15, -0.1) is 0 Å². The zero-order valence-electron chi connectivity index (χ0n) is 13.3. The molecular formula is C15H17FN8. The van der Waals surface area contributed by atoms with Gasteiger partial charge in [0.15, 0.2) is 17.3 Å². The van der Waals surface area contributed by atoms with Crippen molar-refractivity contribution in [2.45, 2.75) is 13.3 Å². The van der Waals surface area contributed by atoms with Crippen LogP contribution in [0.5, 0.6) is 0 Å². The van der Waals surface area contributed by atoms with E-state index >= 15 is 0 Å². The number of H-pyrrole nitrogens is 1. The average molecular weight is 328 g/mol. The highest BCUT2D eigenvalue weighted by Crippen LogP contribution is 2.24. The zero-order chi connectivity index (χ0) is 16.5. The minimum atomic E-state index is -0.312. The maximum atomic E-state index is 14.4. The first-order chi connectivity index (χ1) is 11.8. The van der Waals surface area contributed by atoms with Gasteiger partial charge in [-0.25, -0.2) is 24.3 Å². The minimum Gasteiger partial charge on any atom is -0.352 e. The van der Waals surface area contributed by atoms with Gasteiger partial charge >= 0.3 is 0 Å². The van der Waals surface area contributed by atoms with Crippen molar-refractivity contribution in [3.63, 3.8) is 0 Å². The summed E-state index contributed by atoms with van der Waals surface area (Å²) in [7, 11) is 0. The maximum Gasteiger partial charge on any atom is 0.187 e. The lowest BCUT2D eigenvalue weighted by Gasteiger charge is -2.36. The number of nitrogens with one attached hydrogen (secondary N) is 1. The van der Waals surface area contributed by atoms with Gasteiger partial charge in [0.05, 0.1) is 17.3 Å². The second kappa shape index (κ2) is 5.99. The van der Waals surface area contributed by atoms with Gasteiger partial charge in [0.1, 0.15) is 18.5 Å². The van der Waals surface area contributed by atoms with Crippen LogP contribution in [0, 0.1) is 5.82 Å². The third-order valence-corrected chi connectivity index (χ3v) is 4.28. The van der Waals surface area contributed by atoms with E-state index in [-0.39, 0.29) is 5.82 Å². The number of halogens is 1. The van der Waals surface area contributed by atoms with Crippen molar-refractivity contribution in [1.29, 1.82) is 0 Å². The van der Waals surface area contributed by atoms with Crippen LogP contribution < -0.4 is 9.80 Å². The number of aromatic amines is 1. The summed E-state index contributed by atoms with van der Waals surface area (Å²) in [6.07, 6.45) is 5.25. The highest BCUT2D eigenvalue weighted by atomic mass is 19.1. The highest BCUT2D eigenvalue weighted by Gasteiger charge is 2.24. The van der Waals surface area contributed by atoms with Gasteiger partial charge in [0.2, 0.25) is 0 Å². The molecule has 24 heavy (non-hydrogen) atoms. The van der Waals surface area contributed by atoms with Crippen LogP contribution >= 0.6 is 0 Å². The van der Waals surface area contributed by atoms with Crippen LogP contribution in [0.3, 0.4) is 0 Å². The molecule has 1 aliphatic rings. The first-order valence-corrected chi connectivity index (χ1v) is 7.91. The Bertz CT molecular complexity index is 856. The summed E-state index contributed by atoms with van der Waals surface area (Å²) in [5.74, 6) is 0.927. The lowest BCUT2D eigenvalue weighted by atomic mass is 10.2. The van der Waals surface area contributed by atoms with Gasteiger partial charge in [0, 0.05) is 26.2 Å². The van der Waals surface area contributed by atoms with Crippen LogP contribution in [0.4, 0.5) is 16.0 Å². The molecule has 0 radical (unpaired) electrons. The molecule has 0 saturated carbocycles. The molecule has 0 amide bonds. The fourth-order valence-electron chi connectivity index (χ4n) is 3.00. The number of rotatable bonds is 3. The predicted molar refractivity (Wildman–Crippen MR) is 87.5 cm³/mol. The van der Waals surface area contributed by atoms with E-state index < -0.39 is 0 Å². The monoisotopic (exact) mass is 328 g/mol. The Hall–Kier alpha value is -2.84. The SMILES string of the molecule is CCc1ncnc(N2CCN(c3ncnc4[nH]ncc34)CC2)c1F. The van der Waals surface area contributed by atoms with Gasteiger partial charge in [0.25, 0.3) is 0 Å². The van der Waals surface area contributed by atoms with Crippen LogP contribution in [0.25, 0.3) is 11.0 Å². The van der Waals surface area contributed by atoms with Crippen LogP contribution in [0.2, 0.25) is 0 Å². The van der Waals surface area contributed by atoms with E-state index in [2.05, 4.69) is 35.0 Å². The Labute approximate surface area is 137 Å². The van der Waals surface area contributed by atoms with Crippen LogP contribution in [-0.2, 0) is 6.42 Å². The number of hydrogen-bond acceptors (Lipinski definition) is 7. The molecule has 1 saturated heterocycles. The number of hydrogen-bond donors (Lipinski definition) is 1. The molecule has 1 N–H and O–H groups in total. The Kier molecular flexibility index (Phi) is 3.68. The summed E-state index contributed by atoms with van der Waals surface area (Å²) in [6, 6.07) is 0. The molecule has 0 bridgehead atoms. The normalized spacial score (nSPS) is 15.2. The van der Waals surface area contributed by atoms with Crippen LogP contribution in [0.15, 0.2) is 18.9 Å². The number of aryl methyl sites for hydroxylation is 1. The second-order valence-electron chi connectivity index (χ2n) is 5.62. The molecule has 1 aliphatic heterocycles. The van der Waals surface area contributed by atoms with E-state index in [9.17, 15) is 4.39 Å². The molecule has 4 heterocycles. The molecular weight excluding hydrogens is 311 g/mol. The standard InChI is InChI=1S/C15H17FN8/c1-2-11-12(16)15(20-8-17-11)24-5-3-23(4-6-24)14-10-7-21-22-13(10)18-9-19-14/h7-9H,2-6H2,1H3,(H,18,19,21,22). The smallest absolute Gasteiger partial charge is 0.187 e. The maximum absolute atomic E-state index is 14.4. The van der Waals surface area contributed by atoms with E-state index in [4.69, 9.17) is 0 Å². The van der Waals surface area contributed by atoms with E-state index in [0.717, 1.165) is 29.9 Å². The molecule has 3 aromatic heterocycles. The topological polar surface area (TPSA) is 86.7 Å². The quantitative estimate of drug-likeness (QED) is 0.772. The molecule has 0 spiro atoms. The molecule has 4 rings (SSSR count). The zero-order valence-corrected chi connectivity index (χ0v) is 13.3. The van der Waals surface area contributed by atoms with Crippen molar-refractivity contribution in [3.8, 4) is 0 Å². The highest BCUT2D eigenvalue weighted by molar-refractivity contribution is 5.86. The number of nitrogens with zero attached hydrogens (tertiary/aromatic N) is 7. The van der Waals surface area contributed by atoms with Crippen molar-refractivity contribution in [3.05, 3.63) is 30.4 Å². The first-order valence-electron chi connectivity index (χ1n) is 7.91. The van der Waals surface area contributed by atoms with E-state index in [1.165, 1.54) is 12.7 Å². The van der Waals surface area contributed by atoms with Gasteiger partial charge in [-0.1, -0.05) is 6.92 Å². The fourth-order valence-corrected chi connectivity index (χ4v) is 3.00. The van der Waals surface area contributed by atoms with Gasteiger partial charge < -0.3 is 9.80 Å². The molecule has 0 aliphatic carbocycles. The first kappa shape index (κ1) is 14.7. The average Bonchev–Trinajstić information content (AvgIpc) is 3.11. The molecule has 0 atom stereocenters. The van der Waals surface area contributed by atoms with Crippen LogP contribution in [-0.4, -0.2) is 56.3 Å². The Morgan fingerprint density at radius 1 is 1.00 bits per heavy atom. The van der Waals surface area contributed by atoms with Gasteiger partial charge in [-0.2, -0.15) is 5.10 Å². The van der Waals surface area contributed by atoms with Crippen molar-refractivity contribution < 1.29 is 4.39 Å². The summed E-state index contributed by atoms with van der Waals surface area (Å²) in [5.41, 5.74) is 1.18. The number of aromatic nitrogens is 6. The summed E-state index contributed by atoms with van der Waals surface area (Å²) >= 11 is 0. The molecule has 0 aromatic carbocycles. The summed E-state index contributed by atoms with van der Waals surface area (Å²) in [5, 5.41) is 7.76. The largest absolute Gasteiger partial charge is 0.352 e.